The molecule has 0 bridgehead atoms. The first-order valence-corrected chi connectivity index (χ1v) is 5.62. The maximum absolute atomic E-state index is 5.90. The van der Waals surface area contributed by atoms with E-state index < -0.39 is 0 Å². The molecular weight excluding hydrogens is 211 g/mol. The lowest BCUT2D eigenvalue weighted by atomic mass is 10.1. The van der Waals surface area contributed by atoms with Crippen molar-refractivity contribution in [1.29, 1.82) is 0 Å². The molecule has 64 valence electrons. The Morgan fingerprint density at radius 2 is 1.92 bits per heavy atom. The monoisotopic (exact) mass is 218 g/mol. The Labute approximate surface area is 86.3 Å². The molecule has 0 amide bonds. The van der Waals surface area contributed by atoms with Gasteiger partial charge >= 0.3 is 0 Å². The fourth-order valence-electron chi connectivity index (χ4n) is 1.34. The van der Waals surface area contributed by atoms with E-state index in [0.717, 1.165) is 6.42 Å². The number of hydrogen-bond donors (Lipinski definition) is 0. The molecule has 0 N–H and O–H groups in total. The van der Waals surface area contributed by atoms with Crippen LogP contribution < -0.4 is 0 Å². The van der Waals surface area contributed by atoms with Gasteiger partial charge in [0.25, 0.3) is 0 Å². The van der Waals surface area contributed by atoms with Gasteiger partial charge in [0.2, 0.25) is 0 Å². The standard InChI is InChI=1S/C9H8Cl2S/c10-7-4-6-2-1-3-12-9(6)5-8(7)11/h4-5H,1-3H2. The summed E-state index contributed by atoms with van der Waals surface area (Å²) in [6, 6.07) is 3.97. The molecule has 0 radical (unpaired) electrons. The van der Waals surface area contributed by atoms with Crippen molar-refractivity contribution in [2.45, 2.75) is 17.7 Å². The number of fused-ring (bicyclic) bond motifs is 1. The van der Waals surface area contributed by atoms with Crippen LogP contribution in [0.4, 0.5) is 0 Å². The molecule has 0 atom stereocenters. The SMILES string of the molecule is Clc1cc2c(cc1Cl)SCCC2. The van der Waals surface area contributed by atoms with Crippen LogP contribution in [0.25, 0.3) is 0 Å². The molecule has 0 aliphatic carbocycles. The summed E-state index contributed by atoms with van der Waals surface area (Å²) in [5.41, 5.74) is 1.35. The number of halogens is 2. The van der Waals surface area contributed by atoms with Crippen LogP contribution in [0, 0.1) is 0 Å². The zero-order valence-electron chi connectivity index (χ0n) is 6.44. The van der Waals surface area contributed by atoms with Gasteiger partial charge in [-0.05, 0) is 36.3 Å². The smallest absolute Gasteiger partial charge is 0.0603 e. The van der Waals surface area contributed by atoms with Gasteiger partial charge in [-0.15, -0.1) is 11.8 Å². The molecule has 0 nitrogen and oxygen atoms in total. The van der Waals surface area contributed by atoms with Crippen molar-refractivity contribution in [2.24, 2.45) is 0 Å². The van der Waals surface area contributed by atoms with Gasteiger partial charge in [-0.25, -0.2) is 0 Å². The van der Waals surface area contributed by atoms with Gasteiger partial charge in [-0.1, -0.05) is 23.2 Å². The van der Waals surface area contributed by atoms with E-state index in [0.29, 0.717) is 10.0 Å². The van der Waals surface area contributed by atoms with E-state index >= 15 is 0 Å². The highest BCUT2D eigenvalue weighted by Crippen LogP contribution is 2.35. The molecule has 0 unspecified atom stereocenters. The summed E-state index contributed by atoms with van der Waals surface area (Å²) in [5.74, 6) is 1.20. The van der Waals surface area contributed by atoms with Crippen molar-refractivity contribution in [2.75, 3.05) is 5.75 Å². The molecule has 1 aromatic rings. The van der Waals surface area contributed by atoms with E-state index in [-0.39, 0.29) is 0 Å². The summed E-state index contributed by atoms with van der Waals surface area (Å²) >= 11 is 13.7. The van der Waals surface area contributed by atoms with Gasteiger partial charge in [-0.3, -0.25) is 0 Å². The average Bonchev–Trinajstić information content (AvgIpc) is 2.07. The molecule has 1 heterocycles. The Kier molecular flexibility index (Phi) is 2.54. The summed E-state index contributed by atoms with van der Waals surface area (Å²) in [7, 11) is 0. The topological polar surface area (TPSA) is 0 Å². The quantitative estimate of drug-likeness (QED) is 0.634. The van der Waals surface area contributed by atoms with Crippen molar-refractivity contribution in [3.05, 3.63) is 27.7 Å². The first-order valence-electron chi connectivity index (χ1n) is 3.88. The minimum absolute atomic E-state index is 0.671. The van der Waals surface area contributed by atoms with Gasteiger partial charge < -0.3 is 0 Å². The molecule has 0 spiro atoms. The van der Waals surface area contributed by atoms with E-state index in [1.165, 1.54) is 22.6 Å². The van der Waals surface area contributed by atoms with Crippen molar-refractivity contribution in [1.82, 2.24) is 0 Å². The van der Waals surface area contributed by atoms with E-state index in [4.69, 9.17) is 23.2 Å². The number of thioether (sulfide) groups is 1. The number of aryl methyl sites for hydroxylation is 1. The molecule has 1 aliphatic heterocycles. The largest absolute Gasteiger partial charge is 0.126 e. The van der Waals surface area contributed by atoms with E-state index in [2.05, 4.69) is 0 Å². The predicted molar refractivity (Wildman–Crippen MR) is 55.5 cm³/mol. The van der Waals surface area contributed by atoms with Crippen LogP contribution in [0.5, 0.6) is 0 Å². The predicted octanol–water partition coefficient (Wildman–Crippen LogP) is 4.03. The zero-order valence-corrected chi connectivity index (χ0v) is 8.77. The molecule has 1 aliphatic rings. The van der Waals surface area contributed by atoms with Crippen LogP contribution in [-0.2, 0) is 6.42 Å². The lowest BCUT2D eigenvalue weighted by Gasteiger charge is -2.15. The first kappa shape index (κ1) is 8.74. The normalized spacial score (nSPS) is 15.8. The molecular formula is C9H8Cl2S. The highest BCUT2D eigenvalue weighted by molar-refractivity contribution is 7.99. The summed E-state index contributed by atoms with van der Waals surface area (Å²) < 4.78 is 0. The Balaban J connectivity index is 2.49. The average molecular weight is 219 g/mol. The van der Waals surface area contributed by atoms with Gasteiger partial charge in [0.1, 0.15) is 0 Å². The lowest BCUT2D eigenvalue weighted by molar-refractivity contribution is 0.890. The first-order chi connectivity index (χ1) is 5.77. The zero-order chi connectivity index (χ0) is 8.55. The van der Waals surface area contributed by atoms with Crippen LogP contribution in [0.2, 0.25) is 10.0 Å². The maximum atomic E-state index is 5.90. The molecule has 0 saturated carbocycles. The lowest BCUT2D eigenvalue weighted by Crippen LogP contribution is -1.97. The number of benzene rings is 1. The Morgan fingerprint density at radius 1 is 1.17 bits per heavy atom. The summed E-state index contributed by atoms with van der Waals surface area (Å²) in [6.45, 7) is 0. The third kappa shape index (κ3) is 1.59. The minimum Gasteiger partial charge on any atom is -0.126 e. The third-order valence-electron chi connectivity index (χ3n) is 1.95. The highest BCUT2D eigenvalue weighted by Gasteiger charge is 2.11. The van der Waals surface area contributed by atoms with Crippen LogP contribution in [0.3, 0.4) is 0 Å². The second kappa shape index (κ2) is 3.49. The van der Waals surface area contributed by atoms with Gasteiger partial charge in [-0.2, -0.15) is 0 Å². The highest BCUT2D eigenvalue weighted by atomic mass is 35.5. The van der Waals surface area contributed by atoms with Crippen LogP contribution in [0.15, 0.2) is 17.0 Å². The molecule has 0 fully saturated rings. The second-order valence-electron chi connectivity index (χ2n) is 2.83. The Morgan fingerprint density at radius 3 is 2.75 bits per heavy atom. The molecule has 1 aromatic carbocycles. The number of rotatable bonds is 0. The van der Waals surface area contributed by atoms with E-state index in [1.807, 2.05) is 23.9 Å². The summed E-state index contributed by atoms with van der Waals surface area (Å²) in [6.07, 6.45) is 2.38. The fourth-order valence-corrected chi connectivity index (χ4v) is 2.82. The van der Waals surface area contributed by atoms with Gasteiger partial charge in [0, 0.05) is 4.90 Å². The summed E-state index contributed by atoms with van der Waals surface area (Å²) in [5, 5.41) is 1.35. The van der Waals surface area contributed by atoms with E-state index in [1.54, 1.807) is 0 Å². The molecule has 3 heteroatoms. The molecule has 0 saturated heterocycles. The second-order valence-corrected chi connectivity index (χ2v) is 4.78. The maximum Gasteiger partial charge on any atom is 0.0603 e. The molecule has 2 rings (SSSR count). The Hall–Kier alpha value is 0.150. The fraction of sp³-hybridized carbons (Fsp3) is 0.333. The van der Waals surface area contributed by atoms with E-state index in [9.17, 15) is 0 Å². The third-order valence-corrected chi connectivity index (χ3v) is 3.86. The van der Waals surface area contributed by atoms with Gasteiger partial charge in [0.05, 0.1) is 10.0 Å². The van der Waals surface area contributed by atoms with Crippen molar-refractivity contribution < 1.29 is 0 Å². The summed E-state index contributed by atoms with van der Waals surface area (Å²) in [4.78, 5) is 1.30. The van der Waals surface area contributed by atoms with Crippen LogP contribution >= 0.6 is 35.0 Å². The minimum atomic E-state index is 0.671. The Bertz CT molecular complexity index is 279. The number of hydrogen-bond acceptors (Lipinski definition) is 1. The van der Waals surface area contributed by atoms with Crippen LogP contribution in [-0.4, -0.2) is 5.75 Å². The van der Waals surface area contributed by atoms with Crippen molar-refractivity contribution in [3.8, 4) is 0 Å². The van der Waals surface area contributed by atoms with Crippen LogP contribution in [0.1, 0.15) is 12.0 Å². The van der Waals surface area contributed by atoms with Crippen molar-refractivity contribution >= 4 is 35.0 Å². The molecule has 0 aromatic heterocycles. The van der Waals surface area contributed by atoms with Crippen molar-refractivity contribution in [3.63, 3.8) is 0 Å². The van der Waals surface area contributed by atoms with Gasteiger partial charge in [0.15, 0.2) is 0 Å². The molecule has 12 heavy (non-hydrogen) atoms.